The highest BCUT2D eigenvalue weighted by Gasteiger charge is 2.32. The molecule has 6 heteroatoms. The summed E-state index contributed by atoms with van der Waals surface area (Å²) in [5.74, 6) is -0.656. The quantitative estimate of drug-likeness (QED) is 0.811. The molecule has 4 nitrogen and oxygen atoms in total. The van der Waals surface area contributed by atoms with Crippen LogP contribution in [0.25, 0.3) is 0 Å². The van der Waals surface area contributed by atoms with Gasteiger partial charge < -0.3 is 4.90 Å². The molecule has 0 saturated carbocycles. The third kappa shape index (κ3) is 3.15. The summed E-state index contributed by atoms with van der Waals surface area (Å²) in [6.07, 6.45) is 4.48. The highest BCUT2D eigenvalue weighted by molar-refractivity contribution is 7.95. The average molecular weight is 356 g/mol. The maximum absolute atomic E-state index is 13.6. The smallest absolute Gasteiger partial charge is 0.220 e. The van der Waals surface area contributed by atoms with Gasteiger partial charge in [0.05, 0.1) is 10.6 Å². The van der Waals surface area contributed by atoms with Crippen LogP contribution in [0.4, 0.5) is 15.8 Å². The number of aryl methyl sites for hydroxylation is 1. The van der Waals surface area contributed by atoms with E-state index in [1.807, 2.05) is 24.3 Å². The Bertz CT molecular complexity index is 973. The second-order valence-corrected chi connectivity index (χ2v) is 7.75. The number of hydrogen-bond acceptors (Lipinski definition) is 4. The Morgan fingerprint density at radius 3 is 2.52 bits per heavy atom. The maximum atomic E-state index is 13.6. The number of nitriles is 1. The second kappa shape index (κ2) is 6.69. The number of fused-ring (bicyclic) bond motifs is 1. The van der Waals surface area contributed by atoms with Crippen LogP contribution in [0.15, 0.2) is 58.5 Å². The van der Waals surface area contributed by atoms with E-state index in [0.717, 1.165) is 31.0 Å². The monoisotopic (exact) mass is 356 g/mol. The van der Waals surface area contributed by atoms with Crippen molar-refractivity contribution in [1.82, 2.24) is 0 Å². The van der Waals surface area contributed by atoms with Crippen molar-refractivity contribution in [3.63, 3.8) is 0 Å². The van der Waals surface area contributed by atoms with E-state index in [-0.39, 0.29) is 4.90 Å². The molecule has 0 aliphatic carbocycles. The molecule has 3 rings (SSSR count). The molecule has 0 radical (unpaired) electrons. The van der Waals surface area contributed by atoms with Gasteiger partial charge in [-0.3, -0.25) is 0 Å². The summed E-state index contributed by atoms with van der Waals surface area (Å²) in [4.78, 5) is 1.01. The van der Waals surface area contributed by atoms with Gasteiger partial charge in [-0.25, -0.2) is 12.8 Å². The lowest BCUT2D eigenvalue weighted by Crippen LogP contribution is -2.21. The average Bonchev–Trinajstić information content (AvgIpc) is 2.61. The summed E-state index contributed by atoms with van der Waals surface area (Å²) in [5.41, 5.74) is 2.25. The topological polar surface area (TPSA) is 61.2 Å². The second-order valence-electron chi connectivity index (χ2n) is 5.86. The summed E-state index contributed by atoms with van der Waals surface area (Å²) in [6, 6.07) is 13.0. The predicted octanol–water partition coefficient (Wildman–Crippen LogP) is 4.46. The molecule has 0 atom stereocenters. The molecule has 2 aromatic rings. The number of halogens is 1. The molecule has 0 fully saturated rings. The van der Waals surface area contributed by atoms with Gasteiger partial charge in [0.2, 0.25) is 9.84 Å². The minimum absolute atomic E-state index is 0.193. The van der Waals surface area contributed by atoms with E-state index in [2.05, 4.69) is 6.92 Å². The third-order valence-electron chi connectivity index (χ3n) is 4.15. The van der Waals surface area contributed by atoms with Crippen LogP contribution in [0.2, 0.25) is 0 Å². The van der Waals surface area contributed by atoms with Crippen LogP contribution in [0.1, 0.15) is 25.3 Å². The summed E-state index contributed by atoms with van der Waals surface area (Å²) >= 11 is 0. The van der Waals surface area contributed by atoms with E-state index >= 15 is 0 Å². The van der Waals surface area contributed by atoms with Crippen molar-refractivity contribution < 1.29 is 12.8 Å². The Balaban J connectivity index is 2.09. The van der Waals surface area contributed by atoms with E-state index in [4.69, 9.17) is 0 Å². The molecule has 0 N–H and O–H groups in total. The number of anilines is 2. The highest BCUT2D eigenvalue weighted by Crippen LogP contribution is 2.39. The van der Waals surface area contributed by atoms with Crippen LogP contribution in [-0.4, -0.2) is 8.42 Å². The molecule has 0 amide bonds. The lowest BCUT2D eigenvalue weighted by Gasteiger charge is -2.27. The zero-order valence-corrected chi connectivity index (χ0v) is 14.6. The van der Waals surface area contributed by atoms with E-state index < -0.39 is 20.6 Å². The third-order valence-corrected chi connectivity index (χ3v) is 5.83. The molecule has 0 aromatic heterocycles. The molecule has 0 unspecified atom stereocenters. The molecule has 128 valence electrons. The first-order chi connectivity index (χ1) is 12.0. The van der Waals surface area contributed by atoms with Crippen molar-refractivity contribution in [3.05, 3.63) is 65.0 Å². The first kappa shape index (κ1) is 17.2. The van der Waals surface area contributed by atoms with Crippen LogP contribution in [0.3, 0.4) is 0 Å². The van der Waals surface area contributed by atoms with Crippen LogP contribution in [-0.2, 0) is 16.3 Å². The van der Waals surface area contributed by atoms with Crippen molar-refractivity contribution in [1.29, 1.82) is 5.26 Å². The Morgan fingerprint density at radius 1 is 1.16 bits per heavy atom. The van der Waals surface area contributed by atoms with Crippen molar-refractivity contribution in [2.45, 2.75) is 31.1 Å². The fourth-order valence-corrected chi connectivity index (χ4v) is 4.09. The molecular formula is C19H17FN2O2S. The van der Waals surface area contributed by atoms with Crippen molar-refractivity contribution in [2.75, 3.05) is 4.90 Å². The number of hydrogen-bond donors (Lipinski definition) is 0. The standard InChI is InChI=1S/C19H17FN2O2S/c1-2-3-4-14-5-8-16(9-6-14)22-13-17(12-21)25(23,24)19-11-15(20)7-10-18(19)22/h5-11,13H,2-4H2,1H3. The van der Waals surface area contributed by atoms with Crippen molar-refractivity contribution in [3.8, 4) is 6.07 Å². The van der Waals surface area contributed by atoms with E-state index in [1.54, 1.807) is 11.0 Å². The lowest BCUT2D eigenvalue weighted by molar-refractivity contribution is 0.596. The Hall–Kier alpha value is -2.65. The van der Waals surface area contributed by atoms with Crippen LogP contribution >= 0.6 is 0 Å². The normalized spacial score (nSPS) is 15.2. The molecule has 0 spiro atoms. The minimum Gasteiger partial charge on any atom is -0.314 e. The van der Waals surface area contributed by atoms with Crippen molar-refractivity contribution >= 4 is 21.2 Å². The minimum atomic E-state index is -4.00. The number of unbranched alkanes of at least 4 members (excludes halogenated alkanes) is 1. The van der Waals surface area contributed by atoms with E-state index in [9.17, 15) is 18.1 Å². The predicted molar refractivity (Wildman–Crippen MR) is 94.5 cm³/mol. The Kier molecular flexibility index (Phi) is 4.60. The first-order valence-electron chi connectivity index (χ1n) is 8.02. The van der Waals surface area contributed by atoms with E-state index in [0.29, 0.717) is 5.69 Å². The molecule has 1 aliphatic rings. The zero-order valence-electron chi connectivity index (χ0n) is 13.7. The van der Waals surface area contributed by atoms with Gasteiger partial charge in [0.25, 0.3) is 0 Å². The Morgan fingerprint density at radius 2 is 1.88 bits per heavy atom. The van der Waals surface area contributed by atoms with Gasteiger partial charge in [0.15, 0.2) is 4.91 Å². The van der Waals surface area contributed by atoms with E-state index in [1.165, 1.54) is 23.9 Å². The van der Waals surface area contributed by atoms with Gasteiger partial charge >= 0.3 is 0 Å². The highest BCUT2D eigenvalue weighted by atomic mass is 32.2. The van der Waals surface area contributed by atoms with Gasteiger partial charge in [-0.1, -0.05) is 25.5 Å². The summed E-state index contributed by atoms with van der Waals surface area (Å²) < 4.78 is 38.5. The summed E-state index contributed by atoms with van der Waals surface area (Å²) in [5, 5.41) is 9.21. The number of allylic oxidation sites excluding steroid dienone is 1. The molecule has 1 heterocycles. The Labute approximate surface area is 146 Å². The van der Waals surface area contributed by atoms with Crippen molar-refractivity contribution in [2.24, 2.45) is 0 Å². The van der Waals surface area contributed by atoms with Crippen LogP contribution < -0.4 is 4.90 Å². The van der Waals surface area contributed by atoms with Crippen LogP contribution in [0.5, 0.6) is 0 Å². The number of rotatable bonds is 4. The molecule has 0 bridgehead atoms. The lowest BCUT2D eigenvalue weighted by atomic mass is 10.1. The largest absolute Gasteiger partial charge is 0.314 e. The van der Waals surface area contributed by atoms with Gasteiger partial charge in [0.1, 0.15) is 11.9 Å². The maximum Gasteiger partial charge on any atom is 0.220 e. The van der Waals surface area contributed by atoms with Gasteiger partial charge in [0, 0.05) is 11.9 Å². The summed E-state index contributed by atoms with van der Waals surface area (Å²) in [6.45, 7) is 2.13. The first-order valence-corrected chi connectivity index (χ1v) is 9.50. The summed E-state index contributed by atoms with van der Waals surface area (Å²) in [7, 11) is -4.00. The number of benzene rings is 2. The number of nitrogens with zero attached hydrogens (tertiary/aromatic N) is 2. The van der Waals surface area contributed by atoms with Gasteiger partial charge in [-0.05, 0) is 48.7 Å². The fourth-order valence-electron chi connectivity index (χ4n) is 2.78. The fraction of sp³-hybridized carbons (Fsp3) is 0.211. The zero-order chi connectivity index (χ0) is 18.0. The molecular weight excluding hydrogens is 339 g/mol. The SMILES string of the molecule is CCCCc1ccc(N2C=C(C#N)S(=O)(=O)c3cc(F)ccc32)cc1. The van der Waals surface area contributed by atoms with Gasteiger partial charge in [-0.15, -0.1) is 0 Å². The molecule has 25 heavy (non-hydrogen) atoms. The molecule has 1 aliphatic heterocycles. The van der Waals surface area contributed by atoms with Crippen LogP contribution in [0, 0.1) is 17.1 Å². The molecule has 2 aromatic carbocycles. The molecule has 0 saturated heterocycles. The number of sulfone groups is 1. The van der Waals surface area contributed by atoms with Gasteiger partial charge in [-0.2, -0.15) is 5.26 Å².